The highest BCUT2D eigenvalue weighted by atomic mass is 16.6. The SMILES string of the molecule is C/C=C1/CCC2[C@@H](OC(C)=O)CCC[C@]12C.C/C=C1\CCC2[C@@H](OC(C)=O)CCC[C@]12C.C/C=C1\[C@@H](O)CC2[C@@H](OC(C)=O)CCC[C@]12C.C/C=C1\[C@H](O)CC2[C@@H](OC(C)=O)CCC[C@]12C.C=CC1CCC2[C@@H](OC(C)=O)CCC[C@]12C.CCC1=CCC2[C@@H](OC(C)=O)CCC[C@]12C. The molecule has 98 heavy (non-hydrogen) atoms. The van der Waals surface area contributed by atoms with E-state index in [2.05, 4.69) is 93.2 Å². The smallest absolute Gasteiger partial charge is 0.302 e. The van der Waals surface area contributed by atoms with Gasteiger partial charge < -0.3 is 38.6 Å². The lowest BCUT2D eigenvalue weighted by atomic mass is 9.64. The van der Waals surface area contributed by atoms with Gasteiger partial charge >= 0.3 is 35.8 Å². The summed E-state index contributed by atoms with van der Waals surface area (Å²) in [6, 6.07) is 0. The monoisotopic (exact) mass is 1360 g/mol. The maximum atomic E-state index is 11.1. The third-order valence-electron chi connectivity index (χ3n) is 27.5. The normalized spacial score (nSPS) is 41.5. The van der Waals surface area contributed by atoms with Crippen molar-refractivity contribution >= 4 is 35.8 Å². The molecule has 2 N–H and O–H groups in total. The highest BCUT2D eigenvalue weighted by Crippen LogP contribution is 2.61. The summed E-state index contributed by atoms with van der Waals surface area (Å²) in [6.07, 6.45) is 44.0. The van der Waals surface area contributed by atoms with Crippen molar-refractivity contribution < 1.29 is 67.4 Å². The van der Waals surface area contributed by atoms with Crippen molar-refractivity contribution in [3.63, 3.8) is 0 Å². The molecule has 12 aliphatic rings. The first-order valence-corrected chi connectivity index (χ1v) is 38.6. The van der Waals surface area contributed by atoms with Crippen LogP contribution in [0, 0.1) is 73.9 Å². The molecule has 0 amide bonds. The second kappa shape index (κ2) is 34.4. The van der Waals surface area contributed by atoms with Gasteiger partial charge in [0.25, 0.3) is 0 Å². The highest BCUT2D eigenvalue weighted by Gasteiger charge is 2.56. The standard InChI is InChI=1S/2C14H22O3.4C14H22O2/c2*1-4-10-12(16)8-11-13(17-9(2)15)6-5-7-14(10,11)3;4*1-4-11-7-8-12-13(16-10(2)15)6-5-9-14(11,12)3/h2*4,11-13,16H,5-8H2,1-3H3;7,12-13H,4-6,8-9H2,1-3H3;2*4,12-13H,5-9H2,1-3H3;4,11-13H,1,5-9H2,2-3H3/b2*10-4+;;11-4+;11-4-;/t11?,12-,13+,14-;11?,12-,13-,14+;3*12?,13-,14+;11?,12?,13-,14+/m100000/s1. The van der Waals surface area contributed by atoms with Gasteiger partial charge in [0, 0.05) is 77.0 Å². The van der Waals surface area contributed by atoms with Crippen molar-refractivity contribution in [1.82, 2.24) is 0 Å². The summed E-state index contributed by atoms with van der Waals surface area (Å²) in [6.45, 7) is 37.3. The molecule has 12 aliphatic carbocycles. The van der Waals surface area contributed by atoms with E-state index in [0.717, 1.165) is 101 Å². The quantitative estimate of drug-likeness (QED) is 0.132. The molecule has 0 aromatic rings. The third kappa shape index (κ3) is 17.6. The summed E-state index contributed by atoms with van der Waals surface area (Å²) in [7, 11) is 0. The van der Waals surface area contributed by atoms with Gasteiger partial charge in [0.05, 0.1) is 12.2 Å². The molecule has 0 aliphatic heterocycles. The van der Waals surface area contributed by atoms with E-state index in [-0.39, 0.29) is 107 Å². The van der Waals surface area contributed by atoms with Crippen LogP contribution in [0.5, 0.6) is 0 Å². The fraction of sp³-hybridized carbons (Fsp3) is 0.786. The minimum Gasteiger partial charge on any atom is -0.462 e. The van der Waals surface area contributed by atoms with Gasteiger partial charge in [-0.25, -0.2) is 0 Å². The van der Waals surface area contributed by atoms with Crippen LogP contribution >= 0.6 is 0 Å². The first-order chi connectivity index (χ1) is 46.3. The molecule has 0 aromatic carbocycles. The van der Waals surface area contributed by atoms with Gasteiger partial charge in [-0.3, -0.25) is 28.8 Å². The van der Waals surface area contributed by atoms with E-state index in [0.29, 0.717) is 51.2 Å². The molecule has 14 heteroatoms. The molecule has 0 radical (unpaired) electrons. The second-order valence-electron chi connectivity index (χ2n) is 32.9. The van der Waals surface area contributed by atoms with E-state index in [1.54, 1.807) is 16.7 Å². The van der Waals surface area contributed by atoms with Gasteiger partial charge in [-0.15, -0.1) is 6.58 Å². The number of carbonyl (C=O) groups excluding carboxylic acids is 6. The minimum atomic E-state index is -0.355. The third-order valence-corrected chi connectivity index (χ3v) is 27.5. The molecule has 11 saturated carbocycles. The van der Waals surface area contributed by atoms with E-state index >= 15 is 0 Å². The van der Waals surface area contributed by atoms with Gasteiger partial charge in [0.15, 0.2) is 0 Å². The van der Waals surface area contributed by atoms with E-state index in [1.165, 1.54) is 131 Å². The maximum Gasteiger partial charge on any atom is 0.302 e. The number of aliphatic hydroxyl groups excluding tert-OH is 2. The Labute approximate surface area is 591 Å². The van der Waals surface area contributed by atoms with Gasteiger partial charge in [-0.05, 0) is 257 Å². The summed E-state index contributed by atoms with van der Waals surface area (Å²) in [5.74, 6) is 2.44. The van der Waals surface area contributed by atoms with E-state index < -0.39 is 0 Å². The Morgan fingerprint density at radius 1 is 0.418 bits per heavy atom. The first-order valence-electron chi connectivity index (χ1n) is 38.6. The number of rotatable bonds is 8. The Kier molecular flexibility index (Phi) is 28.3. The van der Waals surface area contributed by atoms with Crippen LogP contribution in [0.2, 0.25) is 0 Å². The van der Waals surface area contributed by atoms with E-state index in [9.17, 15) is 39.0 Å². The van der Waals surface area contributed by atoms with Crippen molar-refractivity contribution in [2.24, 2.45) is 73.9 Å². The van der Waals surface area contributed by atoms with E-state index in [1.807, 2.05) is 26.0 Å². The van der Waals surface area contributed by atoms with Crippen LogP contribution in [-0.4, -0.2) is 94.9 Å². The Morgan fingerprint density at radius 3 is 1.06 bits per heavy atom. The average Bonchev–Trinajstić information content (AvgIpc) is 1.52. The zero-order valence-corrected chi connectivity index (χ0v) is 63.9. The predicted octanol–water partition coefficient (Wildman–Crippen LogP) is 18.6. The molecule has 11 fully saturated rings. The summed E-state index contributed by atoms with van der Waals surface area (Å²) in [4.78, 5) is 66.7. The van der Waals surface area contributed by atoms with Crippen LogP contribution in [-0.2, 0) is 57.2 Å². The molecule has 21 atom stereocenters. The number of allylic oxidation sites excluding steroid dienone is 9. The van der Waals surface area contributed by atoms with Crippen LogP contribution in [0.25, 0.3) is 0 Å². The highest BCUT2D eigenvalue weighted by molar-refractivity contribution is 5.68. The van der Waals surface area contributed by atoms with Gasteiger partial charge in [0.1, 0.15) is 36.6 Å². The van der Waals surface area contributed by atoms with E-state index in [4.69, 9.17) is 28.4 Å². The van der Waals surface area contributed by atoms with Crippen LogP contribution < -0.4 is 0 Å². The second-order valence-corrected chi connectivity index (χ2v) is 32.9. The van der Waals surface area contributed by atoms with Crippen LogP contribution in [0.15, 0.2) is 70.9 Å². The number of hydrogen-bond acceptors (Lipinski definition) is 14. The predicted molar refractivity (Wildman–Crippen MR) is 387 cm³/mol. The Hall–Kier alpha value is -4.82. The molecule has 0 spiro atoms. The molecular formula is C84H132O14. The Morgan fingerprint density at radius 2 is 0.735 bits per heavy atom. The van der Waals surface area contributed by atoms with Crippen molar-refractivity contribution in [1.29, 1.82) is 0 Å². The molecule has 0 bridgehead atoms. The molecule has 12 rings (SSSR count). The van der Waals surface area contributed by atoms with Crippen LogP contribution in [0.3, 0.4) is 0 Å². The zero-order valence-electron chi connectivity index (χ0n) is 63.9. The number of carbonyl (C=O) groups is 6. The fourth-order valence-corrected chi connectivity index (χ4v) is 22.9. The molecule has 0 saturated heterocycles. The van der Waals surface area contributed by atoms with Crippen molar-refractivity contribution in [2.75, 3.05) is 0 Å². The Balaban J connectivity index is 0.000000166. The van der Waals surface area contributed by atoms with Crippen molar-refractivity contribution in [2.45, 2.75) is 346 Å². The summed E-state index contributed by atoms with van der Waals surface area (Å²) < 4.78 is 32.8. The number of hydrogen-bond donors (Lipinski definition) is 2. The molecule has 7 unspecified atom stereocenters. The van der Waals surface area contributed by atoms with Crippen molar-refractivity contribution in [3.8, 4) is 0 Å². The lowest BCUT2D eigenvalue weighted by Gasteiger charge is -2.43. The van der Waals surface area contributed by atoms with Gasteiger partial charge in [-0.2, -0.15) is 0 Å². The molecule has 14 nitrogen and oxygen atoms in total. The van der Waals surface area contributed by atoms with Gasteiger partial charge in [-0.1, -0.05) is 102 Å². The number of ether oxygens (including phenoxy) is 6. The van der Waals surface area contributed by atoms with Gasteiger partial charge in [0.2, 0.25) is 0 Å². The Bertz CT molecular complexity index is 2820. The first kappa shape index (κ1) is 80.5. The summed E-state index contributed by atoms with van der Waals surface area (Å²) >= 11 is 0. The number of fused-ring (bicyclic) bond motifs is 6. The average molecular weight is 1370 g/mol. The summed E-state index contributed by atoms with van der Waals surface area (Å²) in [5.41, 5.74) is 8.27. The zero-order chi connectivity index (χ0) is 72.3. The lowest BCUT2D eigenvalue weighted by molar-refractivity contribution is -0.155. The molecule has 552 valence electrons. The number of esters is 6. The van der Waals surface area contributed by atoms with Crippen LogP contribution in [0.4, 0.5) is 0 Å². The number of aliphatic hydroxyl groups is 2. The fourth-order valence-electron chi connectivity index (χ4n) is 22.9. The maximum absolute atomic E-state index is 11.1. The molecule has 0 heterocycles. The molecule has 0 aromatic heterocycles. The molecular weight excluding hydrogens is 1230 g/mol. The minimum absolute atomic E-state index is 0.0154. The topological polar surface area (TPSA) is 198 Å². The largest absolute Gasteiger partial charge is 0.462 e. The lowest BCUT2D eigenvalue weighted by Crippen LogP contribution is -2.41. The van der Waals surface area contributed by atoms with Crippen molar-refractivity contribution in [3.05, 3.63) is 70.9 Å². The summed E-state index contributed by atoms with van der Waals surface area (Å²) in [5, 5.41) is 20.3. The van der Waals surface area contributed by atoms with Crippen LogP contribution in [0.1, 0.15) is 297 Å².